The van der Waals surface area contributed by atoms with E-state index in [1.165, 1.54) is 0 Å². The zero-order chi connectivity index (χ0) is 12.0. The minimum Gasteiger partial charge on any atom is -0.333 e. The Kier molecular flexibility index (Phi) is 4.85. The number of hydrogen-bond acceptors (Lipinski definition) is 3. The van der Waals surface area contributed by atoms with Gasteiger partial charge < -0.3 is 5.32 Å². The molecule has 0 aliphatic rings. The Bertz CT molecular complexity index is 358. The van der Waals surface area contributed by atoms with E-state index in [0.29, 0.717) is 11.7 Å². The summed E-state index contributed by atoms with van der Waals surface area (Å²) in [6, 6.07) is 5.08. The number of carbonyl (C=O) groups is 1. The third-order valence-corrected chi connectivity index (χ3v) is 2.26. The predicted molar refractivity (Wildman–Crippen MR) is 64.4 cm³/mol. The molecule has 1 unspecified atom stereocenters. The van der Waals surface area contributed by atoms with Crippen molar-refractivity contribution in [3.8, 4) is 0 Å². The van der Waals surface area contributed by atoms with Gasteiger partial charge in [-0.2, -0.15) is 0 Å². The summed E-state index contributed by atoms with van der Waals surface area (Å²) in [5.74, 6) is 0.963. The molecule has 0 aliphatic heterocycles. The molecule has 0 saturated heterocycles. The summed E-state index contributed by atoms with van der Waals surface area (Å²) in [6.45, 7) is 3.69. The molecule has 0 radical (unpaired) electrons. The number of nitrogens with zero attached hydrogens (tertiary/aromatic N) is 1. The maximum Gasteiger partial charge on any atom is 0.333 e. The Hall–Kier alpha value is -1.49. The number of rotatable bonds is 4. The first-order valence-electron chi connectivity index (χ1n) is 4.94. The van der Waals surface area contributed by atoms with Crippen LogP contribution in [0.1, 0.15) is 12.6 Å². The summed E-state index contributed by atoms with van der Waals surface area (Å²) in [7, 11) is 0. The Morgan fingerprint density at radius 3 is 2.94 bits per heavy atom. The average molecular weight is 243 g/mol. The maximum atomic E-state index is 11.3. The number of hydrogen-bond donors (Lipinski definition) is 3. The maximum absolute atomic E-state index is 11.3. The van der Waals surface area contributed by atoms with Gasteiger partial charge in [0, 0.05) is 17.6 Å². The van der Waals surface area contributed by atoms with Crippen LogP contribution in [0.4, 0.5) is 10.6 Å². The van der Waals surface area contributed by atoms with E-state index in [1.807, 2.05) is 26.0 Å². The largest absolute Gasteiger partial charge is 0.333 e. The quantitative estimate of drug-likeness (QED) is 0.556. The first-order valence-corrected chi connectivity index (χ1v) is 5.47. The number of amides is 2. The fourth-order valence-corrected chi connectivity index (χ4v) is 1.11. The lowest BCUT2D eigenvalue weighted by Crippen LogP contribution is -2.44. The van der Waals surface area contributed by atoms with Gasteiger partial charge in [-0.15, -0.1) is 11.6 Å². The number of aryl methyl sites for hydroxylation is 1. The van der Waals surface area contributed by atoms with Gasteiger partial charge >= 0.3 is 6.03 Å². The zero-order valence-corrected chi connectivity index (χ0v) is 10.0. The molecule has 0 aliphatic carbocycles. The molecule has 5 nitrogen and oxygen atoms in total. The summed E-state index contributed by atoms with van der Waals surface area (Å²) < 4.78 is 0. The molecule has 1 aromatic heterocycles. The summed E-state index contributed by atoms with van der Waals surface area (Å²) >= 11 is 5.56. The summed E-state index contributed by atoms with van der Waals surface area (Å²) in [5.41, 5.74) is 6.04. The van der Waals surface area contributed by atoms with Crippen LogP contribution < -0.4 is 16.2 Å². The molecule has 16 heavy (non-hydrogen) atoms. The number of pyridine rings is 1. The third-order valence-electron chi connectivity index (χ3n) is 1.80. The van der Waals surface area contributed by atoms with Crippen molar-refractivity contribution in [3.05, 3.63) is 23.9 Å². The van der Waals surface area contributed by atoms with Crippen LogP contribution in [0, 0.1) is 6.92 Å². The van der Waals surface area contributed by atoms with Crippen LogP contribution in [-0.2, 0) is 0 Å². The van der Waals surface area contributed by atoms with E-state index in [2.05, 4.69) is 21.2 Å². The number of alkyl halides is 1. The van der Waals surface area contributed by atoms with Crippen LogP contribution in [0.3, 0.4) is 0 Å². The zero-order valence-electron chi connectivity index (χ0n) is 9.25. The van der Waals surface area contributed by atoms with E-state index >= 15 is 0 Å². The van der Waals surface area contributed by atoms with Gasteiger partial charge in [-0.25, -0.2) is 9.78 Å². The molecule has 88 valence electrons. The second-order valence-corrected chi connectivity index (χ2v) is 3.75. The fraction of sp³-hybridized carbons (Fsp3) is 0.400. The van der Waals surface area contributed by atoms with Crippen molar-refractivity contribution < 1.29 is 4.79 Å². The molecule has 0 saturated carbocycles. The van der Waals surface area contributed by atoms with E-state index in [0.717, 1.165) is 5.69 Å². The number of hydrazine groups is 1. The van der Waals surface area contributed by atoms with E-state index < -0.39 is 0 Å². The van der Waals surface area contributed by atoms with Crippen LogP contribution in [0.5, 0.6) is 0 Å². The predicted octanol–water partition coefficient (Wildman–Crippen LogP) is 1.64. The van der Waals surface area contributed by atoms with Gasteiger partial charge in [0.1, 0.15) is 5.82 Å². The van der Waals surface area contributed by atoms with Crippen molar-refractivity contribution in [3.63, 3.8) is 0 Å². The summed E-state index contributed by atoms with van der Waals surface area (Å²) in [5, 5.41) is 2.64. The lowest BCUT2D eigenvalue weighted by molar-refractivity contribution is 0.240. The first-order chi connectivity index (χ1) is 7.61. The molecule has 3 N–H and O–H groups in total. The number of aromatic nitrogens is 1. The highest BCUT2D eigenvalue weighted by atomic mass is 35.5. The molecule has 1 rings (SSSR count). The first kappa shape index (κ1) is 12.6. The highest BCUT2D eigenvalue weighted by Crippen LogP contribution is 2.01. The van der Waals surface area contributed by atoms with Crippen molar-refractivity contribution in [2.24, 2.45) is 0 Å². The van der Waals surface area contributed by atoms with Crippen LogP contribution >= 0.6 is 11.6 Å². The van der Waals surface area contributed by atoms with Crippen molar-refractivity contribution in [1.82, 2.24) is 15.7 Å². The van der Waals surface area contributed by atoms with Gasteiger partial charge in [-0.1, -0.05) is 6.07 Å². The van der Waals surface area contributed by atoms with Crippen LogP contribution in [-0.4, -0.2) is 22.9 Å². The Morgan fingerprint density at radius 2 is 2.31 bits per heavy atom. The summed E-state index contributed by atoms with van der Waals surface area (Å²) in [6.07, 6.45) is 0. The Balaban J connectivity index is 2.37. The topological polar surface area (TPSA) is 66.0 Å². The van der Waals surface area contributed by atoms with Gasteiger partial charge in [0.05, 0.1) is 0 Å². The van der Waals surface area contributed by atoms with E-state index in [9.17, 15) is 4.79 Å². The fourth-order valence-electron chi connectivity index (χ4n) is 1.03. The third kappa shape index (κ3) is 4.35. The SMILES string of the molecule is Cc1cccc(NNC(=O)NC(C)CCl)n1. The molecule has 0 aromatic carbocycles. The minimum atomic E-state index is -0.337. The lowest BCUT2D eigenvalue weighted by Gasteiger charge is -2.12. The number of anilines is 1. The normalized spacial score (nSPS) is 11.7. The van der Waals surface area contributed by atoms with Crippen molar-refractivity contribution in [2.45, 2.75) is 19.9 Å². The Morgan fingerprint density at radius 1 is 1.56 bits per heavy atom. The van der Waals surface area contributed by atoms with Crippen LogP contribution in [0.2, 0.25) is 0 Å². The van der Waals surface area contributed by atoms with Gasteiger partial charge in [0.15, 0.2) is 0 Å². The second-order valence-electron chi connectivity index (χ2n) is 3.44. The van der Waals surface area contributed by atoms with E-state index in [1.54, 1.807) is 6.07 Å². The highest BCUT2D eigenvalue weighted by Gasteiger charge is 2.04. The summed E-state index contributed by atoms with van der Waals surface area (Å²) in [4.78, 5) is 15.5. The number of halogens is 1. The Labute approximate surface area is 99.6 Å². The molecule has 6 heteroatoms. The van der Waals surface area contributed by atoms with Crippen LogP contribution in [0.25, 0.3) is 0 Å². The second kappa shape index (κ2) is 6.17. The number of nitrogens with one attached hydrogen (secondary N) is 3. The van der Waals surface area contributed by atoms with Crippen LogP contribution in [0.15, 0.2) is 18.2 Å². The molecule has 1 atom stereocenters. The molecule has 0 bridgehead atoms. The molecule has 0 spiro atoms. The van der Waals surface area contributed by atoms with E-state index in [4.69, 9.17) is 11.6 Å². The van der Waals surface area contributed by atoms with Gasteiger partial charge in [-0.3, -0.25) is 10.9 Å². The van der Waals surface area contributed by atoms with Crippen molar-refractivity contribution in [2.75, 3.05) is 11.3 Å². The molecular formula is C10H15ClN4O. The minimum absolute atomic E-state index is 0.0751. The molecule has 2 amide bonds. The molecule has 1 heterocycles. The van der Waals surface area contributed by atoms with Crippen molar-refractivity contribution in [1.29, 1.82) is 0 Å². The smallest absolute Gasteiger partial charge is 0.333 e. The average Bonchev–Trinajstić information content (AvgIpc) is 2.26. The highest BCUT2D eigenvalue weighted by molar-refractivity contribution is 6.18. The standard InChI is InChI=1S/C10H15ClN4O/c1-7-4-3-5-9(12-7)14-15-10(16)13-8(2)6-11/h3-5,8H,6H2,1-2H3,(H,12,14)(H2,13,15,16). The van der Waals surface area contributed by atoms with Gasteiger partial charge in [0.25, 0.3) is 0 Å². The monoisotopic (exact) mass is 242 g/mol. The van der Waals surface area contributed by atoms with Gasteiger partial charge in [-0.05, 0) is 26.0 Å². The lowest BCUT2D eigenvalue weighted by atomic mass is 10.4. The van der Waals surface area contributed by atoms with E-state index in [-0.39, 0.29) is 12.1 Å². The van der Waals surface area contributed by atoms with Crippen molar-refractivity contribution >= 4 is 23.4 Å². The molecule has 1 aromatic rings. The van der Waals surface area contributed by atoms with Gasteiger partial charge in [0.2, 0.25) is 0 Å². The number of urea groups is 1. The molecular weight excluding hydrogens is 228 g/mol. The molecule has 0 fully saturated rings. The number of carbonyl (C=O) groups excluding carboxylic acids is 1.